The molecule has 162 valence electrons. The summed E-state index contributed by atoms with van der Waals surface area (Å²) in [6.45, 7) is 3.92. The minimum atomic E-state index is -4.34. The van der Waals surface area contributed by atoms with E-state index in [0.29, 0.717) is 23.2 Å². The van der Waals surface area contributed by atoms with E-state index in [1.807, 2.05) is 24.3 Å². The summed E-state index contributed by atoms with van der Waals surface area (Å²) in [5, 5.41) is 8.92. The molecule has 3 heterocycles. The Morgan fingerprint density at radius 1 is 1.03 bits per heavy atom. The van der Waals surface area contributed by atoms with Crippen LogP contribution in [0.2, 0.25) is 0 Å². The van der Waals surface area contributed by atoms with Crippen LogP contribution >= 0.6 is 7.60 Å². The van der Waals surface area contributed by atoms with E-state index in [4.69, 9.17) is 4.74 Å². The Balaban J connectivity index is 1.38. The van der Waals surface area contributed by atoms with Gasteiger partial charge in [0.1, 0.15) is 18.1 Å². The van der Waals surface area contributed by atoms with Gasteiger partial charge >= 0.3 is 7.60 Å². The molecule has 1 aliphatic heterocycles. The molecule has 0 aliphatic carbocycles. The molecule has 9 heteroatoms. The maximum Gasteiger partial charge on any atom is 0.356 e. The van der Waals surface area contributed by atoms with Crippen LogP contribution in [0, 0.1) is 0 Å². The number of hydrogen-bond acceptors (Lipinski definition) is 4. The van der Waals surface area contributed by atoms with Crippen molar-refractivity contribution in [3.63, 3.8) is 0 Å². The fraction of sp³-hybridized carbons (Fsp3) is 0.318. The molecule has 4 N–H and O–H groups in total. The SMILES string of the molecule is O=P(O)(O)c1ccc2[nH]nc(-c3cc4cc(OCCN5CCCCC5)ccc4[nH]3)c2c1. The fourth-order valence-corrected chi connectivity index (χ4v) is 4.76. The maximum atomic E-state index is 11.7. The Kier molecular flexibility index (Phi) is 5.32. The molecule has 2 aromatic carbocycles. The number of hydrogen-bond donors (Lipinski definition) is 4. The summed E-state index contributed by atoms with van der Waals surface area (Å²) >= 11 is 0. The summed E-state index contributed by atoms with van der Waals surface area (Å²) < 4.78 is 17.6. The molecule has 0 unspecified atom stereocenters. The predicted octanol–water partition coefficient (Wildman–Crippen LogP) is 3.38. The molecule has 0 spiro atoms. The third-order valence-electron chi connectivity index (χ3n) is 5.86. The second-order valence-electron chi connectivity index (χ2n) is 8.03. The van der Waals surface area contributed by atoms with Crippen LogP contribution in [-0.2, 0) is 4.57 Å². The van der Waals surface area contributed by atoms with E-state index in [0.717, 1.165) is 42.0 Å². The lowest BCUT2D eigenvalue weighted by molar-refractivity contribution is 0.183. The molecule has 5 rings (SSSR count). The Morgan fingerprint density at radius 3 is 2.65 bits per heavy atom. The van der Waals surface area contributed by atoms with Gasteiger partial charge in [-0.1, -0.05) is 6.42 Å². The normalized spacial score (nSPS) is 15.7. The first-order valence-corrected chi connectivity index (χ1v) is 12.1. The van der Waals surface area contributed by atoms with Crippen LogP contribution in [0.5, 0.6) is 5.75 Å². The summed E-state index contributed by atoms with van der Waals surface area (Å²) in [5.74, 6) is 0.825. The van der Waals surface area contributed by atoms with Gasteiger partial charge in [-0.15, -0.1) is 0 Å². The van der Waals surface area contributed by atoms with E-state index < -0.39 is 7.60 Å². The molecule has 0 saturated carbocycles. The molecule has 0 bridgehead atoms. The molecule has 8 nitrogen and oxygen atoms in total. The first-order valence-electron chi connectivity index (χ1n) is 10.5. The number of rotatable bonds is 6. The van der Waals surface area contributed by atoms with Crippen molar-refractivity contribution in [1.82, 2.24) is 20.1 Å². The van der Waals surface area contributed by atoms with Gasteiger partial charge in [0.25, 0.3) is 0 Å². The second-order valence-corrected chi connectivity index (χ2v) is 9.63. The van der Waals surface area contributed by atoms with E-state index >= 15 is 0 Å². The first kappa shape index (κ1) is 20.3. The zero-order valence-electron chi connectivity index (χ0n) is 17.0. The van der Waals surface area contributed by atoms with E-state index in [9.17, 15) is 14.4 Å². The van der Waals surface area contributed by atoms with Crippen molar-refractivity contribution in [2.75, 3.05) is 26.2 Å². The summed E-state index contributed by atoms with van der Waals surface area (Å²) in [7, 11) is -4.34. The number of piperidine rings is 1. The summed E-state index contributed by atoms with van der Waals surface area (Å²) in [6, 6.07) is 12.5. The number of aromatic amines is 2. The van der Waals surface area contributed by atoms with Gasteiger partial charge in [0.2, 0.25) is 0 Å². The van der Waals surface area contributed by atoms with Crippen LogP contribution in [-0.4, -0.2) is 56.1 Å². The molecule has 2 aromatic heterocycles. The lowest BCUT2D eigenvalue weighted by Crippen LogP contribution is -2.33. The van der Waals surface area contributed by atoms with Crippen molar-refractivity contribution in [3.05, 3.63) is 42.5 Å². The molecule has 31 heavy (non-hydrogen) atoms. The lowest BCUT2D eigenvalue weighted by atomic mass is 10.1. The number of nitrogens with one attached hydrogen (secondary N) is 2. The average molecular weight is 440 g/mol. The van der Waals surface area contributed by atoms with Crippen LogP contribution in [0.3, 0.4) is 0 Å². The highest BCUT2D eigenvalue weighted by atomic mass is 31.2. The molecule has 0 radical (unpaired) electrons. The maximum absolute atomic E-state index is 11.7. The van der Waals surface area contributed by atoms with E-state index in [1.54, 1.807) is 6.07 Å². The average Bonchev–Trinajstić information content (AvgIpc) is 3.36. The third kappa shape index (κ3) is 4.25. The number of nitrogens with zero attached hydrogens (tertiary/aromatic N) is 2. The molecule has 4 aromatic rings. The number of fused-ring (bicyclic) bond motifs is 2. The molecule has 1 fully saturated rings. The van der Waals surface area contributed by atoms with Gasteiger partial charge in [-0.3, -0.25) is 14.6 Å². The van der Waals surface area contributed by atoms with Crippen LogP contribution in [0.1, 0.15) is 19.3 Å². The van der Waals surface area contributed by atoms with Crippen molar-refractivity contribution < 1.29 is 19.1 Å². The number of H-pyrrole nitrogens is 2. The topological polar surface area (TPSA) is 114 Å². The van der Waals surface area contributed by atoms with E-state index in [2.05, 4.69) is 20.1 Å². The third-order valence-corrected chi connectivity index (χ3v) is 6.81. The van der Waals surface area contributed by atoms with Crippen molar-refractivity contribution >= 4 is 34.7 Å². The van der Waals surface area contributed by atoms with Crippen LogP contribution in [0.4, 0.5) is 0 Å². The van der Waals surface area contributed by atoms with Gasteiger partial charge in [-0.2, -0.15) is 5.10 Å². The van der Waals surface area contributed by atoms with Crippen LogP contribution in [0.25, 0.3) is 33.2 Å². The van der Waals surface area contributed by atoms with Gasteiger partial charge in [-0.05, 0) is 68.4 Å². The molecule has 0 amide bonds. The van der Waals surface area contributed by atoms with Crippen molar-refractivity contribution in [2.24, 2.45) is 0 Å². The zero-order valence-corrected chi connectivity index (χ0v) is 17.9. The molecule has 0 atom stereocenters. The number of aromatic nitrogens is 3. The number of benzene rings is 2. The predicted molar refractivity (Wildman–Crippen MR) is 121 cm³/mol. The Morgan fingerprint density at radius 2 is 1.84 bits per heavy atom. The van der Waals surface area contributed by atoms with Crippen LogP contribution < -0.4 is 10.0 Å². The van der Waals surface area contributed by atoms with Gasteiger partial charge in [0.15, 0.2) is 0 Å². The highest BCUT2D eigenvalue weighted by molar-refractivity contribution is 7.60. The standard InChI is InChI=1S/C22H25N4O4P/c27-31(28,29)17-5-7-20-18(14-17)22(25-24-20)21-13-15-12-16(4-6-19(15)23-21)30-11-10-26-8-2-1-3-9-26/h4-7,12-14,23H,1-3,8-11H2,(H,24,25)(H2,27,28,29). The van der Waals surface area contributed by atoms with Crippen molar-refractivity contribution in [2.45, 2.75) is 19.3 Å². The second kappa shape index (κ2) is 8.13. The summed E-state index contributed by atoms with van der Waals surface area (Å²) in [5.41, 5.74) is 3.05. The van der Waals surface area contributed by atoms with E-state index in [1.165, 1.54) is 31.4 Å². The van der Waals surface area contributed by atoms with Gasteiger partial charge in [0.05, 0.1) is 16.5 Å². The summed E-state index contributed by atoms with van der Waals surface area (Å²) in [6.07, 6.45) is 3.88. The quantitative estimate of drug-likeness (QED) is 0.342. The monoisotopic (exact) mass is 440 g/mol. The largest absolute Gasteiger partial charge is 0.492 e. The van der Waals surface area contributed by atoms with Gasteiger partial charge in [0, 0.05) is 22.8 Å². The first-order chi connectivity index (χ1) is 15.0. The minimum absolute atomic E-state index is 0.0249. The lowest BCUT2D eigenvalue weighted by Gasteiger charge is -2.26. The Hall–Kier alpha value is -2.64. The Labute approximate surface area is 179 Å². The van der Waals surface area contributed by atoms with Crippen LogP contribution in [0.15, 0.2) is 42.5 Å². The van der Waals surface area contributed by atoms with Gasteiger partial charge in [-0.25, -0.2) is 0 Å². The van der Waals surface area contributed by atoms with Crippen molar-refractivity contribution in [1.29, 1.82) is 0 Å². The highest BCUT2D eigenvalue weighted by Gasteiger charge is 2.20. The summed E-state index contributed by atoms with van der Waals surface area (Å²) in [4.78, 5) is 24.8. The molecule has 1 saturated heterocycles. The molecular formula is C22H25N4O4P. The smallest absolute Gasteiger partial charge is 0.356 e. The minimum Gasteiger partial charge on any atom is -0.492 e. The van der Waals surface area contributed by atoms with Crippen molar-refractivity contribution in [3.8, 4) is 17.1 Å². The Bertz CT molecular complexity index is 1270. The molecular weight excluding hydrogens is 415 g/mol. The number of ether oxygens (including phenoxy) is 1. The zero-order chi connectivity index (χ0) is 21.4. The molecule has 1 aliphatic rings. The highest BCUT2D eigenvalue weighted by Crippen LogP contribution is 2.36. The fourth-order valence-electron chi connectivity index (χ4n) is 4.19. The van der Waals surface area contributed by atoms with Gasteiger partial charge < -0.3 is 19.5 Å². The number of likely N-dealkylation sites (tertiary alicyclic amines) is 1. The van der Waals surface area contributed by atoms with E-state index in [-0.39, 0.29) is 5.30 Å².